The fourth-order valence-corrected chi connectivity index (χ4v) is 2.59. The second-order valence-electron chi connectivity index (χ2n) is 6.07. The Morgan fingerprint density at radius 2 is 1.31 bits per heavy atom. The van der Waals surface area contributed by atoms with Crippen molar-refractivity contribution < 1.29 is 19.1 Å². The summed E-state index contributed by atoms with van der Waals surface area (Å²) in [5, 5.41) is 3.43. The van der Waals surface area contributed by atoms with Crippen molar-refractivity contribution in [2.75, 3.05) is 13.2 Å². The van der Waals surface area contributed by atoms with Gasteiger partial charge in [-0.1, -0.05) is 11.6 Å². The molecule has 0 aromatic heterocycles. The van der Waals surface area contributed by atoms with Gasteiger partial charge in [0.15, 0.2) is 0 Å². The van der Waals surface area contributed by atoms with Crippen LogP contribution in [0.4, 0.5) is 0 Å². The van der Waals surface area contributed by atoms with E-state index in [1.165, 1.54) is 0 Å². The Bertz CT molecular complexity index is 971. The first-order valence-electron chi connectivity index (χ1n) is 8.85. The molecule has 6 nitrogen and oxygen atoms in total. The summed E-state index contributed by atoms with van der Waals surface area (Å²) in [6.07, 6.45) is 0. The zero-order valence-electron chi connectivity index (χ0n) is 15.4. The van der Waals surface area contributed by atoms with E-state index < -0.39 is 5.91 Å². The first-order chi connectivity index (χ1) is 14.0. The van der Waals surface area contributed by atoms with Gasteiger partial charge in [-0.15, -0.1) is 0 Å². The molecule has 0 bridgehead atoms. The summed E-state index contributed by atoms with van der Waals surface area (Å²) in [6.45, 7) is 0.710. The van der Waals surface area contributed by atoms with Crippen LogP contribution in [-0.2, 0) is 0 Å². The molecule has 148 valence electrons. The van der Waals surface area contributed by atoms with Crippen molar-refractivity contribution in [1.82, 2.24) is 5.32 Å². The molecule has 0 saturated heterocycles. The SMILES string of the molecule is NC(=O)c1ccc(Oc2ccc(C(=O)NCCOc3ccc(Cl)cc3)cc2)cc1. The third-order valence-corrected chi connectivity index (χ3v) is 4.21. The minimum Gasteiger partial charge on any atom is -0.492 e. The summed E-state index contributed by atoms with van der Waals surface area (Å²) in [6, 6.07) is 20.2. The van der Waals surface area contributed by atoms with E-state index in [-0.39, 0.29) is 5.91 Å². The zero-order chi connectivity index (χ0) is 20.6. The van der Waals surface area contributed by atoms with Gasteiger partial charge in [0.05, 0.1) is 6.54 Å². The van der Waals surface area contributed by atoms with Gasteiger partial charge < -0.3 is 20.5 Å². The summed E-state index contributed by atoms with van der Waals surface area (Å²) >= 11 is 5.82. The van der Waals surface area contributed by atoms with Crippen molar-refractivity contribution >= 4 is 23.4 Å². The average molecular weight is 411 g/mol. The second kappa shape index (κ2) is 9.61. The van der Waals surface area contributed by atoms with E-state index >= 15 is 0 Å². The number of amides is 2. The van der Waals surface area contributed by atoms with Gasteiger partial charge in [0.2, 0.25) is 5.91 Å². The van der Waals surface area contributed by atoms with E-state index in [0.29, 0.717) is 46.5 Å². The lowest BCUT2D eigenvalue weighted by molar-refractivity contribution is 0.0946. The van der Waals surface area contributed by atoms with Gasteiger partial charge in [0.1, 0.15) is 23.9 Å². The fraction of sp³-hybridized carbons (Fsp3) is 0.0909. The highest BCUT2D eigenvalue weighted by Crippen LogP contribution is 2.22. The normalized spacial score (nSPS) is 10.2. The molecule has 3 aromatic carbocycles. The zero-order valence-corrected chi connectivity index (χ0v) is 16.2. The molecule has 0 unspecified atom stereocenters. The van der Waals surface area contributed by atoms with E-state index in [2.05, 4.69) is 5.32 Å². The smallest absolute Gasteiger partial charge is 0.251 e. The van der Waals surface area contributed by atoms with Gasteiger partial charge in [0, 0.05) is 16.1 Å². The van der Waals surface area contributed by atoms with Crippen LogP contribution in [0.15, 0.2) is 72.8 Å². The van der Waals surface area contributed by atoms with E-state index in [1.807, 2.05) is 0 Å². The quantitative estimate of drug-likeness (QED) is 0.548. The van der Waals surface area contributed by atoms with Crippen LogP contribution in [0.2, 0.25) is 5.02 Å². The first-order valence-corrected chi connectivity index (χ1v) is 9.23. The number of carbonyl (C=O) groups excluding carboxylic acids is 2. The van der Waals surface area contributed by atoms with Crippen molar-refractivity contribution in [3.63, 3.8) is 0 Å². The van der Waals surface area contributed by atoms with Gasteiger partial charge in [0.25, 0.3) is 5.91 Å². The average Bonchev–Trinajstić information content (AvgIpc) is 2.73. The van der Waals surface area contributed by atoms with Gasteiger partial charge in [-0.25, -0.2) is 0 Å². The summed E-state index contributed by atoms with van der Waals surface area (Å²) in [4.78, 5) is 23.3. The number of ether oxygens (including phenoxy) is 2. The molecule has 3 rings (SSSR count). The van der Waals surface area contributed by atoms with Gasteiger partial charge in [-0.05, 0) is 72.8 Å². The minimum absolute atomic E-state index is 0.206. The van der Waals surface area contributed by atoms with Crippen molar-refractivity contribution in [1.29, 1.82) is 0 Å². The molecule has 0 atom stereocenters. The molecule has 3 N–H and O–H groups in total. The third-order valence-electron chi connectivity index (χ3n) is 3.96. The summed E-state index contributed by atoms with van der Waals surface area (Å²) < 4.78 is 11.2. The van der Waals surface area contributed by atoms with E-state index in [4.69, 9.17) is 26.8 Å². The summed E-state index contributed by atoms with van der Waals surface area (Å²) in [5.74, 6) is 1.12. The predicted molar refractivity (Wildman–Crippen MR) is 111 cm³/mol. The lowest BCUT2D eigenvalue weighted by atomic mass is 10.2. The highest BCUT2D eigenvalue weighted by Gasteiger charge is 2.06. The monoisotopic (exact) mass is 410 g/mol. The molecule has 2 amide bonds. The van der Waals surface area contributed by atoms with Crippen molar-refractivity contribution in [2.45, 2.75) is 0 Å². The molecule has 0 aliphatic rings. The first kappa shape index (κ1) is 20.2. The Hall–Kier alpha value is -3.51. The molecule has 29 heavy (non-hydrogen) atoms. The minimum atomic E-state index is -0.495. The number of rotatable bonds is 8. The number of hydrogen-bond acceptors (Lipinski definition) is 4. The van der Waals surface area contributed by atoms with Crippen LogP contribution < -0.4 is 20.5 Å². The maximum Gasteiger partial charge on any atom is 0.251 e. The van der Waals surface area contributed by atoms with Gasteiger partial charge in [-0.2, -0.15) is 0 Å². The number of primary amides is 1. The van der Waals surface area contributed by atoms with Crippen LogP contribution in [0.1, 0.15) is 20.7 Å². The lowest BCUT2D eigenvalue weighted by Gasteiger charge is -2.09. The molecule has 0 aliphatic carbocycles. The Kier molecular flexibility index (Phi) is 6.71. The summed E-state index contributed by atoms with van der Waals surface area (Å²) in [5.41, 5.74) is 6.12. The van der Waals surface area contributed by atoms with Crippen molar-refractivity contribution in [2.24, 2.45) is 5.73 Å². The molecule has 0 saturated carbocycles. The molecular weight excluding hydrogens is 392 g/mol. The number of benzene rings is 3. The Morgan fingerprint density at radius 3 is 1.86 bits per heavy atom. The lowest BCUT2D eigenvalue weighted by Crippen LogP contribution is -2.28. The predicted octanol–water partition coefficient (Wildman–Crippen LogP) is 4.04. The third kappa shape index (κ3) is 5.99. The van der Waals surface area contributed by atoms with E-state index in [1.54, 1.807) is 72.8 Å². The number of nitrogens with two attached hydrogens (primary N) is 1. The molecule has 0 radical (unpaired) electrons. The van der Waals surface area contributed by atoms with E-state index in [9.17, 15) is 9.59 Å². The maximum atomic E-state index is 12.2. The van der Waals surface area contributed by atoms with Crippen molar-refractivity contribution in [3.05, 3.63) is 88.9 Å². The summed E-state index contributed by atoms with van der Waals surface area (Å²) in [7, 11) is 0. The van der Waals surface area contributed by atoms with Gasteiger partial charge >= 0.3 is 0 Å². The number of nitrogens with one attached hydrogen (secondary N) is 1. The molecular formula is C22H19ClN2O4. The molecule has 0 spiro atoms. The Balaban J connectivity index is 1.46. The van der Waals surface area contributed by atoms with Crippen LogP contribution in [0.5, 0.6) is 17.2 Å². The number of hydrogen-bond donors (Lipinski definition) is 2. The van der Waals surface area contributed by atoms with Crippen LogP contribution >= 0.6 is 11.6 Å². The second-order valence-corrected chi connectivity index (χ2v) is 6.51. The molecule has 3 aromatic rings. The van der Waals surface area contributed by atoms with Crippen LogP contribution in [0, 0.1) is 0 Å². The fourth-order valence-electron chi connectivity index (χ4n) is 2.46. The topological polar surface area (TPSA) is 90.7 Å². The standard InChI is InChI=1S/C22H19ClN2O4/c23-17-5-11-18(12-6-17)28-14-13-25-22(27)16-3-9-20(10-4-16)29-19-7-1-15(2-8-19)21(24)26/h1-12H,13-14H2,(H2,24,26)(H,25,27). The van der Waals surface area contributed by atoms with Crippen LogP contribution in [0.3, 0.4) is 0 Å². The number of halogens is 1. The molecule has 0 heterocycles. The van der Waals surface area contributed by atoms with Gasteiger partial charge in [-0.3, -0.25) is 9.59 Å². The van der Waals surface area contributed by atoms with E-state index in [0.717, 1.165) is 0 Å². The largest absolute Gasteiger partial charge is 0.492 e. The number of carbonyl (C=O) groups is 2. The highest BCUT2D eigenvalue weighted by molar-refractivity contribution is 6.30. The Labute approximate surface area is 173 Å². The van der Waals surface area contributed by atoms with Crippen LogP contribution in [0.25, 0.3) is 0 Å². The maximum absolute atomic E-state index is 12.2. The molecule has 7 heteroatoms. The highest BCUT2D eigenvalue weighted by atomic mass is 35.5. The van der Waals surface area contributed by atoms with Crippen LogP contribution in [-0.4, -0.2) is 25.0 Å². The molecule has 0 fully saturated rings. The molecule has 0 aliphatic heterocycles. The Morgan fingerprint density at radius 1 is 0.793 bits per heavy atom. The van der Waals surface area contributed by atoms with Crippen molar-refractivity contribution in [3.8, 4) is 17.2 Å².